The Kier molecular flexibility index (Phi) is 6.94. The Morgan fingerprint density at radius 2 is 1.92 bits per heavy atom. The van der Waals surface area contributed by atoms with Crippen LogP contribution < -0.4 is 10.1 Å². The number of rotatable bonds is 7. The largest absolute Gasteiger partial charge is 0.489 e. The molecule has 0 amide bonds. The van der Waals surface area contributed by atoms with Gasteiger partial charge in [-0.25, -0.2) is 4.39 Å². The van der Waals surface area contributed by atoms with Crippen molar-refractivity contribution >= 4 is 17.2 Å². The number of thiocarbonyl (C=S) groups is 1. The molecule has 138 valence electrons. The van der Waals surface area contributed by atoms with Crippen molar-refractivity contribution < 1.29 is 13.9 Å². The fourth-order valence-corrected chi connectivity index (χ4v) is 2.96. The quantitative estimate of drug-likeness (QED) is 0.754. The highest BCUT2D eigenvalue weighted by molar-refractivity contribution is 7.80. The Morgan fingerprint density at radius 3 is 2.69 bits per heavy atom. The summed E-state index contributed by atoms with van der Waals surface area (Å²) in [5.41, 5.74) is 1.85. The zero-order valence-corrected chi connectivity index (χ0v) is 15.4. The summed E-state index contributed by atoms with van der Waals surface area (Å²) in [4.78, 5) is 3.08. The van der Waals surface area contributed by atoms with E-state index in [1.54, 1.807) is 12.1 Å². The van der Waals surface area contributed by atoms with E-state index in [4.69, 9.17) is 21.7 Å². The van der Waals surface area contributed by atoms with Crippen LogP contribution in [0.2, 0.25) is 0 Å². The van der Waals surface area contributed by atoms with Crippen LogP contribution in [0.1, 0.15) is 11.1 Å². The number of hydrogen-bond acceptors (Lipinski definition) is 4. The smallest absolute Gasteiger partial charge is 0.123 e. The number of morpholine rings is 1. The maximum atomic E-state index is 12.9. The Bertz CT molecular complexity index is 718. The number of ether oxygens (including phenoxy) is 2. The average molecular weight is 374 g/mol. The molecule has 6 heteroatoms. The van der Waals surface area contributed by atoms with Crippen LogP contribution in [-0.2, 0) is 11.3 Å². The zero-order chi connectivity index (χ0) is 18.2. The van der Waals surface area contributed by atoms with Gasteiger partial charge in [0.15, 0.2) is 0 Å². The molecule has 1 saturated heterocycles. The van der Waals surface area contributed by atoms with Gasteiger partial charge in [0.25, 0.3) is 0 Å². The Labute approximate surface area is 158 Å². The van der Waals surface area contributed by atoms with Crippen molar-refractivity contribution in [2.24, 2.45) is 0 Å². The summed E-state index contributed by atoms with van der Waals surface area (Å²) in [6.45, 7) is 5.70. The molecule has 1 heterocycles. The highest BCUT2D eigenvalue weighted by atomic mass is 32.1. The van der Waals surface area contributed by atoms with Crippen molar-refractivity contribution in [2.45, 2.75) is 6.61 Å². The van der Waals surface area contributed by atoms with Gasteiger partial charge in [-0.3, -0.25) is 4.90 Å². The van der Waals surface area contributed by atoms with Crippen LogP contribution in [0.5, 0.6) is 5.75 Å². The fraction of sp³-hybridized carbons (Fsp3) is 0.350. The van der Waals surface area contributed by atoms with E-state index >= 15 is 0 Å². The summed E-state index contributed by atoms with van der Waals surface area (Å²) < 4.78 is 24.1. The molecule has 0 radical (unpaired) electrons. The summed E-state index contributed by atoms with van der Waals surface area (Å²) in [6, 6.07) is 14.0. The minimum atomic E-state index is -0.246. The summed E-state index contributed by atoms with van der Waals surface area (Å²) in [5.74, 6) is 0.494. The van der Waals surface area contributed by atoms with Gasteiger partial charge in [-0.05, 0) is 29.8 Å². The molecule has 3 rings (SSSR count). The number of hydrogen-bond donors (Lipinski definition) is 1. The predicted octanol–water partition coefficient (Wildman–Crippen LogP) is 3.00. The van der Waals surface area contributed by atoms with Crippen LogP contribution in [0.15, 0.2) is 48.5 Å². The van der Waals surface area contributed by atoms with E-state index in [1.165, 1.54) is 12.1 Å². The molecular formula is C20H23FN2O2S. The maximum Gasteiger partial charge on any atom is 0.123 e. The molecule has 2 aromatic rings. The topological polar surface area (TPSA) is 33.7 Å². The lowest BCUT2D eigenvalue weighted by atomic mass is 10.2. The van der Waals surface area contributed by atoms with Crippen molar-refractivity contribution in [3.8, 4) is 5.75 Å². The van der Waals surface area contributed by atoms with E-state index in [0.29, 0.717) is 11.6 Å². The minimum absolute atomic E-state index is 0.246. The molecule has 4 nitrogen and oxygen atoms in total. The molecule has 1 fully saturated rings. The fourth-order valence-electron chi connectivity index (χ4n) is 2.73. The minimum Gasteiger partial charge on any atom is -0.489 e. The summed E-state index contributed by atoms with van der Waals surface area (Å²) >= 11 is 5.49. The lowest BCUT2D eigenvalue weighted by Crippen LogP contribution is -2.41. The van der Waals surface area contributed by atoms with Gasteiger partial charge in [0.1, 0.15) is 23.2 Å². The third-order valence-electron chi connectivity index (χ3n) is 4.23. The third-order valence-corrected chi connectivity index (χ3v) is 4.61. The van der Waals surface area contributed by atoms with Gasteiger partial charge in [0.05, 0.1) is 13.2 Å². The van der Waals surface area contributed by atoms with Crippen LogP contribution in [0.25, 0.3) is 0 Å². The standard InChI is InChI=1S/C20H23FN2O2S/c21-18-6-4-16(5-7-18)15-25-19-3-1-2-17(14-19)20(26)22-8-9-23-10-12-24-13-11-23/h1-7,14H,8-13,15H2,(H,22,26). The van der Waals surface area contributed by atoms with Crippen LogP contribution in [0.3, 0.4) is 0 Å². The number of halogens is 1. The molecule has 0 bridgehead atoms. The van der Waals surface area contributed by atoms with E-state index in [0.717, 1.165) is 56.3 Å². The molecule has 1 aliphatic rings. The van der Waals surface area contributed by atoms with Gasteiger partial charge in [-0.1, -0.05) is 36.5 Å². The van der Waals surface area contributed by atoms with E-state index < -0.39 is 0 Å². The Morgan fingerprint density at radius 1 is 1.15 bits per heavy atom. The molecule has 0 saturated carbocycles. The van der Waals surface area contributed by atoms with Crippen molar-refractivity contribution in [2.75, 3.05) is 39.4 Å². The Balaban J connectivity index is 1.47. The lowest BCUT2D eigenvalue weighted by molar-refractivity contribution is 0.0389. The third kappa shape index (κ3) is 5.76. The van der Waals surface area contributed by atoms with Gasteiger partial charge in [0.2, 0.25) is 0 Å². The zero-order valence-electron chi connectivity index (χ0n) is 14.6. The molecular weight excluding hydrogens is 351 g/mol. The SMILES string of the molecule is Fc1ccc(COc2cccc(C(=S)NCCN3CCOCC3)c2)cc1. The first-order chi connectivity index (χ1) is 12.7. The number of benzene rings is 2. The summed E-state index contributed by atoms with van der Waals surface area (Å²) in [5, 5.41) is 3.31. The average Bonchev–Trinajstić information content (AvgIpc) is 2.68. The van der Waals surface area contributed by atoms with Crippen LogP contribution in [0, 0.1) is 5.82 Å². The summed E-state index contributed by atoms with van der Waals surface area (Å²) in [7, 11) is 0. The van der Waals surface area contributed by atoms with Crippen LogP contribution in [0.4, 0.5) is 4.39 Å². The molecule has 0 unspecified atom stereocenters. The second-order valence-corrected chi connectivity index (χ2v) is 6.56. The van der Waals surface area contributed by atoms with E-state index in [2.05, 4.69) is 10.2 Å². The van der Waals surface area contributed by atoms with Crippen LogP contribution in [-0.4, -0.2) is 49.3 Å². The highest BCUT2D eigenvalue weighted by Gasteiger charge is 2.10. The van der Waals surface area contributed by atoms with Gasteiger partial charge in [-0.2, -0.15) is 0 Å². The predicted molar refractivity (Wildman–Crippen MR) is 104 cm³/mol. The van der Waals surface area contributed by atoms with E-state index in [-0.39, 0.29) is 5.82 Å². The molecule has 2 aromatic carbocycles. The van der Waals surface area contributed by atoms with Gasteiger partial charge in [0, 0.05) is 31.7 Å². The number of nitrogens with one attached hydrogen (secondary N) is 1. The van der Waals surface area contributed by atoms with Gasteiger partial charge < -0.3 is 14.8 Å². The van der Waals surface area contributed by atoms with Crippen molar-refractivity contribution in [3.63, 3.8) is 0 Å². The van der Waals surface area contributed by atoms with Crippen molar-refractivity contribution in [1.29, 1.82) is 0 Å². The van der Waals surface area contributed by atoms with Crippen molar-refractivity contribution in [3.05, 3.63) is 65.5 Å². The van der Waals surface area contributed by atoms with Gasteiger partial charge in [-0.15, -0.1) is 0 Å². The Hall–Kier alpha value is -2.02. The van der Waals surface area contributed by atoms with E-state index in [1.807, 2.05) is 24.3 Å². The molecule has 0 aromatic heterocycles. The molecule has 0 spiro atoms. The van der Waals surface area contributed by atoms with Crippen molar-refractivity contribution in [1.82, 2.24) is 10.2 Å². The first kappa shape index (κ1) is 18.8. The maximum absolute atomic E-state index is 12.9. The normalized spacial score (nSPS) is 14.8. The lowest BCUT2D eigenvalue weighted by Gasteiger charge is -2.26. The summed E-state index contributed by atoms with van der Waals surface area (Å²) in [6.07, 6.45) is 0. The van der Waals surface area contributed by atoms with Crippen LogP contribution >= 0.6 is 12.2 Å². The second kappa shape index (κ2) is 9.62. The first-order valence-corrected chi connectivity index (χ1v) is 9.17. The number of nitrogens with zero attached hydrogens (tertiary/aromatic N) is 1. The monoisotopic (exact) mass is 374 g/mol. The molecule has 0 atom stereocenters. The van der Waals surface area contributed by atoms with E-state index in [9.17, 15) is 4.39 Å². The highest BCUT2D eigenvalue weighted by Crippen LogP contribution is 2.16. The second-order valence-electron chi connectivity index (χ2n) is 6.15. The molecule has 1 aliphatic heterocycles. The molecule has 26 heavy (non-hydrogen) atoms. The first-order valence-electron chi connectivity index (χ1n) is 8.76. The van der Waals surface area contributed by atoms with Gasteiger partial charge >= 0.3 is 0 Å². The molecule has 0 aliphatic carbocycles. The molecule has 1 N–H and O–H groups in total.